The first kappa shape index (κ1) is 20.4. The van der Waals surface area contributed by atoms with Crippen molar-refractivity contribution >= 4 is 21.6 Å². The quantitative estimate of drug-likeness (QED) is 0.777. The average Bonchev–Trinajstić information content (AvgIpc) is 3.16. The largest absolute Gasteiger partial charge is 0.387 e. The third kappa shape index (κ3) is 4.05. The Labute approximate surface area is 173 Å². The monoisotopic (exact) mass is 432 g/mol. The number of halogens is 1. The molecule has 2 aliphatic rings. The molecule has 1 aromatic carbocycles. The Balaban J connectivity index is 1.42. The van der Waals surface area contributed by atoms with E-state index in [9.17, 15) is 17.6 Å². The Morgan fingerprint density at radius 3 is 2.87 bits per heavy atom. The summed E-state index contributed by atoms with van der Waals surface area (Å²) in [5, 5.41) is 6.69. The van der Waals surface area contributed by atoms with E-state index in [1.807, 2.05) is 6.07 Å². The van der Waals surface area contributed by atoms with Gasteiger partial charge < -0.3 is 10.2 Å². The molecule has 0 aliphatic carbocycles. The molecule has 0 unspecified atom stereocenters. The van der Waals surface area contributed by atoms with Crippen molar-refractivity contribution in [1.82, 2.24) is 14.6 Å². The molecule has 0 bridgehead atoms. The molecule has 1 saturated heterocycles. The van der Waals surface area contributed by atoms with Crippen LogP contribution in [0.15, 0.2) is 58.8 Å². The van der Waals surface area contributed by atoms with Crippen LogP contribution in [0.3, 0.4) is 0 Å². The van der Waals surface area contributed by atoms with E-state index in [0.29, 0.717) is 19.4 Å². The number of hydrogen-bond donors (Lipinski definition) is 1. The first-order chi connectivity index (χ1) is 14.4. The number of hydrogen-bond acceptors (Lipinski definition) is 6. The van der Waals surface area contributed by atoms with E-state index < -0.39 is 21.4 Å². The van der Waals surface area contributed by atoms with Crippen molar-refractivity contribution in [2.75, 3.05) is 13.1 Å². The first-order valence-electron chi connectivity index (χ1n) is 9.56. The van der Waals surface area contributed by atoms with Crippen molar-refractivity contribution in [3.63, 3.8) is 0 Å². The highest BCUT2D eigenvalue weighted by molar-refractivity contribution is 7.89. The number of nitrogens with one attached hydrogen (secondary N) is 1. The van der Waals surface area contributed by atoms with Gasteiger partial charge in [0.15, 0.2) is 5.60 Å². The number of nitrogens with zero attached hydrogens (tertiary/aromatic N) is 3. The topological polar surface area (TPSA) is 101 Å². The van der Waals surface area contributed by atoms with Crippen molar-refractivity contribution in [3.8, 4) is 0 Å². The maximum absolute atomic E-state index is 14.1. The molecule has 1 amide bonds. The Bertz CT molecular complexity index is 1080. The van der Waals surface area contributed by atoms with E-state index in [2.05, 4.69) is 15.5 Å². The molecule has 1 aromatic heterocycles. The van der Waals surface area contributed by atoms with E-state index in [1.165, 1.54) is 22.5 Å². The number of amides is 1. The minimum Gasteiger partial charge on any atom is -0.387 e. The van der Waals surface area contributed by atoms with Crippen LogP contribution in [-0.2, 0) is 26.2 Å². The number of carbonyl (C=O) groups excluding carboxylic acids is 1. The lowest BCUT2D eigenvalue weighted by Crippen LogP contribution is -2.51. The van der Waals surface area contributed by atoms with Gasteiger partial charge in [-0.15, -0.1) is 0 Å². The number of carbonyl (C=O) groups is 1. The van der Waals surface area contributed by atoms with Gasteiger partial charge >= 0.3 is 0 Å². The molecule has 1 spiro atoms. The van der Waals surface area contributed by atoms with Crippen LogP contribution in [0.4, 0.5) is 4.39 Å². The van der Waals surface area contributed by atoms with E-state index in [1.54, 1.807) is 18.5 Å². The summed E-state index contributed by atoms with van der Waals surface area (Å²) in [6.45, 7) is 0.559. The van der Waals surface area contributed by atoms with Crippen molar-refractivity contribution in [1.29, 1.82) is 0 Å². The van der Waals surface area contributed by atoms with Crippen molar-refractivity contribution in [2.45, 2.75) is 36.3 Å². The lowest BCUT2D eigenvalue weighted by atomic mass is 9.89. The summed E-state index contributed by atoms with van der Waals surface area (Å²) in [4.78, 5) is 21.7. The van der Waals surface area contributed by atoms with Crippen LogP contribution in [0.1, 0.15) is 24.8 Å². The van der Waals surface area contributed by atoms with Crippen LogP contribution in [0.25, 0.3) is 0 Å². The molecule has 158 valence electrons. The number of aromatic nitrogens is 1. The van der Waals surface area contributed by atoms with E-state index in [-0.39, 0.29) is 36.0 Å². The smallest absolute Gasteiger partial charge is 0.269 e. The molecule has 0 radical (unpaired) electrons. The van der Waals surface area contributed by atoms with Gasteiger partial charge in [0.2, 0.25) is 10.0 Å². The highest BCUT2D eigenvalue weighted by atomic mass is 32.2. The predicted molar refractivity (Wildman–Crippen MR) is 106 cm³/mol. The molecule has 0 saturated carbocycles. The van der Waals surface area contributed by atoms with Gasteiger partial charge in [-0.2, -0.15) is 4.31 Å². The van der Waals surface area contributed by atoms with Crippen LogP contribution in [0, 0.1) is 5.82 Å². The maximum Gasteiger partial charge on any atom is 0.269 e. The second kappa shape index (κ2) is 8.11. The van der Waals surface area contributed by atoms with Crippen molar-refractivity contribution in [3.05, 3.63) is 60.2 Å². The molecule has 1 fully saturated rings. The summed E-state index contributed by atoms with van der Waals surface area (Å²) in [6, 6.07) is 8.90. The number of benzene rings is 1. The zero-order valence-corrected chi connectivity index (χ0v) is 16.9. The summed E-state index contributed by atoms with van der Waals surface area (Å²) in [5.74, 6) is -1.17. The molecule has 10 heteroatoms. The summed E-state index contributed by atoms with van der Waals surface area (Å²) >= 11 is 0. The summed E-state index contributed by atoms with van der Waals surface area (Å²) in [7, 11) is -4.02. The van der Waals surface area contributed by atoms with Crippen LogP contribution in [-0.4, -0.2) is 48.0 Å². The standard InChI is InChI=1S/C20H21FN4O4S/c21-16-6-1-2-7-18(16)30(27,28)25-10-4-8-20(14-25)11-17(24-29-20)19(26)23-13-15-5-3-9-22-12-15/h1-3,5-7,9,12H,4,8,10-11,13-14H2,(H,23,26)/t20-/m0/s1. The van der Waals surface area contributed by atoms with Gasteiger partial charge in [-0.1, -0.05) is 23.4 Å². The van der Waals surface area contributed by atoms with E-state index in [0.717, 1.165) is 11.6 Å². The lowest BCUT2D eigenvalue weighted by Gasteiger charge is -2.37. The fraction of sp³-hybridized carbons (Fsp3) is 0.350. The lowest BCUT2D eigenvalue weighted by molar-refractivity contribution is -0.115. The van der Waals surface area contributed by atoms with Crippen LogP contribution < -0.4 is 5.32 Å². The third-order valence-corrected chi connectivity index (χ3v) is 7.11. The fourth-order valence-electron chi connectivity index (χ4n) is 3.70. The van der Waals surface area contributed by atoms with Crippen LogP contribution in [0.5, 0.6) is 0 Å². The number of piperidine rings is 1. The maximum atomic E-state index is 14.1. The Hall–Kier alpha value is -2.85. The Morgan fingerprint density at radius 1 is 1.27 bits per heavy atom. The van der Waals surface area contributed by atoms with Gasteiger partial charge in [-0.3, -0.25) is 9.78 Å². The summed E-state index contributed by atoms with van der Waals surface area (Å²) in [5.41, 5.74) is 0.140. The Morgan fingerprint density at radius 2 is 2.10 bits per heavy atom. The van der Waals surface area contributed by atoms with E-state index >= 15 is 0 Å². The van der Waals surface area contributed by atoms with Gasteiger partial charge in [-0.25, -0.2) is 12.8 Å². The predicted octanol–water partition coefficient (Wildman–Crippen LogP) is 1.84. The number of oxime groups is 1. The minimum absolute atomic E-state index is 0.00650. The molecule has 4 rings (SSSR count). The zero-order valence-electron chi connectivity index (χ0n) is 16.1. The van der Waals surface area contributed by atoms with Crippen LogP contribution >= 0.6 is 0 Å². The molecule has 1 atom stereocenters. The van der Waals surface area contributed by atoms with E-state index in [4.69, 9.17) is 4.84 Å². The first-order valence-corrected chi connectivity index (χ1v) is 11.0. The molecule has 8 nitrogen and oxygen atoms in total. The third-order valence-electron chi connectivity index (χ3n) is 5.24. The van der Waals surface area contributed by atoms with Gasteiger partial charge in [0.25, 0.3) is 5.91 Å². The molecule has 1 N–H and O–H groups in total. The van der Waals surface area contributed by atoms with Gasteiger partial charge in [0, 0.05) is 31.9 Å². The highest BCUT2D eigenvalue weighted by Gasteiger charge is 2.47. The second-order valence-corrected chi connectivity index (χ2v) is 9.31. The molecule has 2 aromatic rings. The van der Waals surface area contributed by atoms with Crippen LogP contribution in [0.2, 0.25) is 0 Å². The second-order valence-electron chi connectivity index (χ2n) is 7.41. The molecule has 2 aliphatic heterocycles. The normalized spacial score (nSPS) is 21.8. The zero-order chi connectivity index (χ0) is 21.2. The van der Waals surface area contributed by atoms with Gasteiger partial charge in [-0.05, 0) is 36.6 Å². The number of sulfonamides is 1. The highest BCUT2D eigenvalue weighted by Crippen LogP contribution is 2.36. The molecule has 30 heavy (non-hydrogen) atoms. The number of pyridine rings is 1. The molecular formula is C20H21FN4O4S. The van der Waals surface area contributed by atoms with Crippen molar-refractivity contribution < 1.29 is 22.4 Å². The molecular weight excluding hydrogens is 411 g/mol. The SMILES string of the molecule is O=C(NCc1cccnc1)C1=NO[C@@]2(CCCN(S(=O)(=O)c3ccccc3F)C2)C1. The minimum atomic E-state index is -4.02. The summed E-state index contributed by atoms with van der Waals surface area (Å²) in [6.07, 6.45) is 4.57. The fourth-order valence-corrected chi connectivity index (χ4v) is 5.32. The average molecular weight is 432 g/mol. The van der Waals surface area contributed by atoms with Crippen molar-refractivity contribution in [2.24, 2.45) is 5.16 Å². The van der Waals surface area contributed by atoms with Gasteiger partial charge in [0.1, 0.15) is 16.4 Å². The molecule has 3 heterocycles. The van der Waals surface area contributed by atoms with Gasteiger partial charge in [0.05, 0.1) is 6.54 Å². The number of rotatable bonds is 5. The summed E-state index contributed by atoms with van der Waals surface area (Å²) < 4.78 is 41.2. The Kier molecular flexibility index (Phi) is 5.52.